The number of sulfonamides is 1. The third-order valence-electron chi connectivity index (χ3n) is 4.76. The molecule has 3 aromatic rings. The van der Waals surface area contributed by atoms with Gasteiger partial charge in [0.05, 0.1) is 17.3 Å². The molecule has 1 saturated heterocycles. The summed E-state index contributed by atoms with van der Waals surface area (Å²) in [5, 5.41) is 0.505. The van der Waals surface area contributed by atoms with Gasteiger partial charge in [0.25, 0.3) is 5.19 Å². The van der Waals surface area contributed by atoms with Gasteiger partial charge in [-0.3, -0.25) is 0 Å². The first-order valence-electron chi connectivity index (χ1n) is 8.93. The van der Waals surface area contributed by atoms with Gasteiger partial charge in [-0.05, 0) is 49.2 Å². The molecule has 1 fully saturated rings. The normalized spacial score (nSPS) is 16.2. The zero-order valence-corrected chi connectivity index (χ0v) is 17.1. The third-order valence-corrected chi connectivity index (χ3v) is 7.58. The van der Waals surface area contributed by atoms with Crippen molar-refractivity contribution in [2.45, 2.75) is 23.8 Å². The molecule has 29 heavy (non-hydrogen) atoms. The predicted molar refractivity (Wildman–Crippen MR) is 105 cm³/mol. The predicted octanol–water partition coefficient (Wildman–Crippen LogP) is 3.82. The Morgan fingerprint density at radius 2 is 1.90 bits per heavy atom. The van der Waals surface area contributed by atoms with Crippen LogP contribution in [0.25, 0.3) is 10.2 Å². The van der Waals surface area contributed by atoms with Crippen LogP contribution >= 0.6 is 11.3 Å². The highest BCUT2D eigenvalue weighted by atomic mass is 32.2. The first-order valence-corrected chi connectivity index (χ1v) is 11.2. The minimum atomic E-state index is -4.10. The topological polar surface area (TPSA) is 68.7 Å². The van der Waals surface area contributed by atoms with Crippen molar-refractivity contribution >= 4 is 31.6 Å². The van der Waals surface area contributed by atoms with Crippen molar-refractivity contribution in [2.75, 3.05) is 20.2 Å². The lowest BCUT2D eigenvalue weighted by Gasteiger charge is -2.30. The summed E-state index contributed by atoms with van der Waals surface area (Å²) in [5.41, 5.74) is 0.799. The number of hydrogen-bond donors (Lipinski definition) is 0. The number of ether oxygens (including phenoxy) is 2. The van der Waals surface area contributed by atoms with Crippen LogP contribution in [0, 0.1) is 11.6 Å². The molecule has 2 heterocycles. The van der Waals surface area contributed by atoms with Crippen LogP contribution < -0.4 is 9.47 Å². The molecule has 154 valence electrons. The monoisotopic (exact) mass is 440 g/mol. The minimum absolute atomic E-state index is 0.154. The van der Waals surface area contributed by atoms with Gasteiger partial charge in [-0.2, -0.15) is 4.31 Å². The standard InChI is InChI=1S/C19H18F2N2O4S2/c1-26-14-3-5-16-17(11-14)28-19(22-16)27-13-6-8-23(9-7-13)29(24,25)18-10-12(20)2-4-15(18)21/h2-5,10-11,13H,6-9H2,1H3. The highest BCUT2D eigenvalue weighted by Gasteiger charge is 2.32. The van der Waals surface area contributed by atoms with E-state index < -0.39 is 26.6 Å². The number of piperidine rings is 1. The Morgan fingerprint density at radius 3 is 2.62 bits per heavy atom. The molecule has 0 N–H and O–H groups in total. The van der Waals surface area contributed by atoms with Crippen LogP contribution in [0.1, 0.15) is 12.8 Å². The maximum Gasteiger partial charge on any atom is 0.274 e. The van der Waals surface area contributed by atoms with Crippen LogP contribution in [-0.4, -0.2) is 44.0 Å². The number of halogens is 2. The lowest BCUT2D eigenvalue weighted by molar-refractivity contribution is 0.135. The highest BCUT2D eigenvalue weighted by Crippen LogP contribution is 2.32. The molecule has 0 spiro atoms. The van der Waals surface area contributed by atoms with Gasteiger partial charge >= 0.3 is 0 Å². The van der Waals surface area contributed by atoms with Crippen molar-refractivity contribution in [1.82, 2.24) is 9.29 Å². The summed E-state index contributed by atoms with van der Waals surface area (Å²) >= 11 is 1.39. The first-order chi connectivity index (χ1) is 13.9. The number of benzene rings is 2. The first kappa shape index (κ1) is 20.0. The van der Waals surface area contributed by atoms with Crippen molar-refractivity contribution in [3.63, 3.8) is 0 Å². The molecule has 1 aromatic heterocycles. The van der Waals surface area contributed by atoms with Crippen molar-refractivity contribution in [3.05, 3.63) is 48.0 Å². The van der Waals surface area contributed by atoms with Crippen molar-refractivity contribution in [3.8, 4) is 10.9 Å². The van der Waals surface area contributed by atoms with Gasteiger partial charge in [-0.15, -0.1) is 0 Å². The second kappa shape index (κ2) is 7.85. The Bertz CT molecular complexity index is 1140. The van der Waals surface area contributed by atoms with E-state index in [4.69, 9.17) is 9.47 Å². The Balaban J connectivity index is 1.43. The average molecular weight is 440 g/mol. The summed E-state index contributed by atoms with van der Waals surface area (Å²) in [4.78, 5) is 3.79. The molecule has 0 saturated carbocycles. The van der Waals surface area contributed by atoms with Gasteiger partial charge in [-0.1, -0.05) is 11.3 Å². The Labute approximate surface area is 170 Å². The lowest BCUT2D eigenvalue weighted by Crippen LogP contribution is -2.42. The number of fused-ring (bicyclic) bond motifs is 1. The summed E-state index contributed by atoms with van der Waals surface area (Å²) in [5.74, 6) is -1.03. The molecule has 0 atom stereocenters. The van der Waals surface area contributed by atoms with E-state index in [9.17, 15) is 17.2 Å². The second-order valence-electron chi connectivity index (χ2n) is 6.61. The molecular weight excluding hydrogens is 422 g/mol. The molecule has 2 aromatic carbocycles. The number of aromatic nitrogens is 1. The van der Waals surface area contributed by atoms with E-state index in [2.05, 4.69) is 4.98 Å². The van der Waals surface area contributed by atoms with Crippen LogP contribution in [0.4, 0.5) is 8.78 Å². The fourth-order valence-electron chi connectivity index (χ4n) is 3.21. The van der Waals surface area contributed by atoms with E-state index in [1.165, 1.54) is 11.3 Å². The quantitative estimate of drug-likeness (QED) is 0.604. The molecule has 0 unspecified atom stereocenters. The summed E-state index contributed by atoms with van der Waals surface area (Å²) in [6.07, 6.45) is 0.645. The SMILES string of the molecule is COc1ccc2nc(OC3CCN(S(=O)(=O)c4cc(F)ccc4F)CC3)sc2c1. The van der Waals surface area contributed by atoms with E-state index in [0.29, 0.717) is 24.1 Å². The van der Waals surface area contributed by atoms with Gasteiger partial charge in [0.1, 0.15) is 28.4 Å². The van der Waals surface area contributed by atoms with Crippen LogP contribution in [0.3, 0.4) is 0 Å². The minimum Gasteiger partial charge on any atom is -0.497 e. The van der Waals surface area contributed by atoms with Crippen LogP contribution in [0.5, 0.6) is 10.9 Å². The average Bonchev–Trinajstić information content (AvgIpc) is 3.11. The van der Waals surface area contributed by atoms with E-state index in [-0.39, 0.29) is 19.2 Å². The number of nitrogens with zero attached hydrogens (tertiary/aromatic N) is 2. The second-order valence-corrected chi connectivity index (χ2v) is 9.51. The van der Waals surface area contributed by atoms with E-state index in [1.807, 2.05) is 18.2 Å². The van der Waals surface area contributed by atoms with Crippen molar-refractivity contribution in [2.24, 2.45) is 0 Å². The summed E-state index contributed by atoms with van der Waals surface area (Å²) in [6, 6.07) is 7.97. The molecule has 1 aliphatic rings. The van der Waals surface area contributed by atoms with Crippen LogP contribution in [0.15, 0.2) is 41.3 Å². The number of methoxy groups -OCH3 is 1. The number of hydrogen-bond acceptors (Lipinski definition) is 6. The molecular formula is C19H18F2N2O4S2. The maximum absolute atomic E-state index is 13.9. The van der Waals surface area contributed by atoms with Gasteiger partial charge in [0.2, 0.25) is 10.0 Å². The molecule has 0 radical (unpaired) electrons. The van der Waals surface area contributed by atoms with Gasteiger partial charge in [-0.25, -0.2) is 22.2 Å². The summed E-state index contributed by atoms with van der Waals surface area (Å²) in [6.45, 7) is 0.309. The third kappa shape index (κ3) is 4.05. The summed E-state index contributed by atoms with van der Waals surface area (Å²) in [7, 11) is -2.51. The fraction of sp³-hybridized carbons (Fsp3) is 0.316. The molecule has 10 heteroatoms. The summed E-state index contributed by atoms with van der Waals surface area (Å²) < 4.78 is 65.9. The maximum atomic E-state index is 13.9. The van der Waals surface area contributed by atoms with E-state index in [1.54, 1.807) is 7.11 Å². The molecule has 0 amide bonds. The van der Waals surface area contributed by atoms with E-state index in [0.717, 1.165) is 32.4 Å². The Hall–Kier alpha value is -2.30. The van der Waals surface area contributed by atoms with Gasteiger partial charge in [0.15, 0.2) is 0 Å². The zero-order valence-electron chi connectivity index (χ0n) is 15.5. The molecule has 1 aliphatic heterocycles. The van der Waals surface area contributed by atoms with Crippen LogP contribution in [-0.2, 0) is 10.0 Å². The Morgan fingerprint density at radius 1 is 1.14 bits per heavy atom. The Kier molecular flexibility index (Phi) is 5.41. The number of thiazole rings is 1. The highest BCUT2D eigenvalue weighted by molar-refractivity contribution is 7.89. The lowest BCUT2D eigenvalue weighted by atomic mass is 10.1. The fourth-order valence-corrected chi connectivity index (χ4v) is 5.66. The largest absolute Gasteiger partial charge is 0.497 e. The van der Waals surface area contributed by atoms with Gasteiger partial charge < -0.3 is 9.47 Å². The smallest absolute Gasteiger partial charge is 0.274 e. The molecule has 6 nitrogen and oxygen atoms in total. The molecule has 4 rings (SSSR count). The molecule has 0 bridgehead atoms. The number of rotatable bonds is 5. The molecule has 0 aliphatic carbocycles. The van der Waals surface area contributed by atoms with Crippen molar-refractivity contribution in [1.29, 1.82) is 0 Å². The zero-order chi connectivity index (χ0) is 20.6. The van der Waals surface area contributed by atoms with E-state index >= 15 is 0 Å². The van der Waals surface area contributed by atoms with Gasteiger partial charge in [0, 0.05) is 13.1 Å². The van der Waals surface area contributed by atoms with Crippen LogP contribution in [0.2, 0.25) is 0 Å². The van der Waals surface area contributed by atoms with Crippen molar-refractivity contribution < 1.29 is 26.7 Å².